The number of halogens is 1. The lowest BCUT2D eigenvalue weighted by atomic mass is 9.83. The normalized spacial score (nSPS) is 15.4. The molecule has 0 bridgehead atoms. The number of nitrogens with two attached hydrogens (primary N) is 1. The summed E-state index contributed by atoms with van der Waals surface area (Å²) in [6.45, 7) is 5.51. The fourth-order valence-electron chi connectivity index (χ4n) is 1.55. The number of hydrogen-bond acceptors (Lipinski definition) is 2. The molecule has 84 valence electrons. The van der Waals surface area contributed by atoms with Crippen molar-refractivity contribution in [2.45, 2.75) is 26.4 Å². The quantitative estimate of drug-likeness (QED) is 0.802. The van der Waals surface area contributed by atoms with Crippen molar-refractivity contribution in [2.24, 2.45) is 11.7 Å². The monoisotopic (exact) mass is 211 g/mol. The fourth-order valence-corrected chi connectivity index (χ4v) is 1.55. The van der Waals surface area contributed by atoms with Crippen molar-refractivity contribution in [1.82, 2.24) is 0 Å². The van der Waals surface area contributed by atoms with Crippen LogP contribution >= 0.6 is 0 Å². The van der Waals surface area contributed by atoms with Crippen LogP contribution in [0.5, 0.6) is 0 Å². The SMILES string of the molecule is Cc1ccc(C(O)(CN)C(C)C)cc1F. The number of rotatable bonds is 3. The summed E-state index contributed by atoms with van der Waals surface area (Å²) in [7, 11) is 0. The molecule has 0 aliphatic rings. The fraction of sp³-hybridized carbons (Fsp3) is 0.500. The first-order valence-electron chi connectivity index (χ1n) is 5.11. The molecule has 0 aliphatic carbocycles. The Bertz CT molecular complexity index is 351. The van der Waals surface area contributed by atoms with Gasteiger partial charge in [0.25, 0.3) is 0 Å². The maximum absolute atomic E-state index is 13.4. The van der Waals surface area contributed by atoms with E-state index in [1.807, 2.05) is 13.8 Å². The van der Waals surface area contributed by atoms with Gasteiger partial charge in [0.15, 0.2) is 0 Å². The van der Waals surface area contributed by atoms with Gasteiger partial charge in [-0.05, 0) is 30.0 Å². The second kappa shape index (κ2) is 4.29. The molecule has 1 rings (SSSR count). The Morgan fingerprint density at radius 1 is 1.47 bits per heavy atom. The lowest BCUT2D eigenvalue weighted by Gasteiger charge is -2.31. The average Bonchev–Trinajstić information content (AvgIpc) is 2.20. The summed E-state index contributed by atoms with van der Waals surface area (Å²) in [6, 6.07) is 4.75. The van der Waals surface area contributed by atoms with Crippen LogP contribution in [0.25, 0.3) is 0 Å². The zero-order valence-corrected chi connectivity index (χ0v) is 9.42. The lowest BCUT2D eigenvalue weighted by Crippen LogP contribution is -2.40. The molecule has 0 saturated heterocycles. The Morgan fingerprint density at radius 3 is 2.47 bits per heavy atom. The number of aryl methyl sites for hydroxylation is 1. The number of hydrogen-bond donors (Lipinski definition) is 2. The van der Waals surface area contributed by atoms with E-state index < -0.39 is 5.60 Å². The smallest absolute Gasteiger partial charge is 0.126 e. The van der Waals surface area contributed by atoms with Crippen LogP contribution in [-0.2, 0) is 5.60 Å². The van der Waals surface area contributed by atoms with Crippen LogP contribution in [0.3, 0.4) is 0 Å². The minimum absolute atomic E-state index is 0.0513. The first-order valence-corrected chi connectivity index (χ1v) is 5.11. The molecule has 1 atom stereocenters. The second-order valence-electron chi connectivity index (χ2n) is 4.25. The van der Waals surface area contributed by atoms with Gasteiger partial charge in [-0.3, -0.25) is 0 Å². The molecule has 3 heteroatoms. The van der Waals surface area contributed by atoms with Crippen LogP contribution in [-0.4, -0.2) is 11.7 Å². The van der Waals surface area contributed by atoms with Gasteiger partial charge >= 0.3 is 0 Å². The summed E-state index contributed by atoms with van der Waals surface area (Å²) in [5.41, 5.74) is 5.53. The Balaban J connectivity index is 3.19. The maximum Gasteiger partial charge on any atom is 0.126 e. The Kier molecular flexibility index (Phi) is 3.47. The maximum atomic E-state index is 13.4. The van der Waals surface area contributed by atoms with Gasteiger partial charge in [-0.1, -0.05) is 26.0 Å². The van der Waals surface area contributed by atoms with Crippen molar-refractivity contribution in [3.05, 3.63) is 35.1 Å². The van der Waals surface area contributed by atoms with Crippen LogP contribution in [0.2, 0.25) is 0 Å². The first kappa shape index (κ1) is 12.1. The van der Waals surface area contributed by atoms with Crippen LogP contribution in [0.4, 0.5) is 4.39 Å². The Hall–Kier alpha value is -0.930. The lowest BCUT2D eigenvalue weighted by molar-refractivity contribution is -0.00141. The molecule has 0 amide bonds. The molecule has 0 radical (unpaired) electrons. The average molecular weight is 211 g/mol. The highest BCUT2D eigenvalue weighted by atomic mass is 19.1. The summed E-state index contributed by atoms with van der Waals surface area (Å²) in [5, 5.41) is 10.3. The standard InChI is InChI=1S/C12H18FNO/c1-8(2)12(15,7-14)10-5-4-9(3)11(13)6-10/h4-6,8,15H,7,14H2,1-3H3. The van der Waals surface area contributed by atoms with Gasteiger partial charge in [-0.2, -0.15) is 0 Å². The van der Waals surface area contributed by atoms with Gasteiger partial charge in [-0.25, -0.2) is 4.39 Å². The molecule has 0 fully saturated rings. The van der Waals surface area contributed by atoms with Gasteiger partial charge in [0, 0.05) is 6.54 Å². The van der Waals surface area contributed by atoms with E-state index in [0.717, 1.165) is 0 Å². The third kappa shape index (κ3) is 2.19. The molecule has 0 spiro atoms. The Morgan fingerprint density at radius 2 is 2.07 bits per heavy atom. The summed E-state index contributed by atoms with van der Waals surface area (Å²) < 4.78 is 13.4. The van der Waals surface area contributed by atoms with Crippen molar-refractivity contribution in [3.8, 4) is 0 Å². The molecule has 0 saturated carbocycles. The van der Waals surface area contributed by atoms with Crippen LogP contribution in [0.15, 0.2) is 18.2 Å². The molecule has 3 N–H and O–H groups in total. The van der Waals surface area contributed by atoms with Gasteiger partial charge in [0.05, 0.1) is 0 Å². The van der Waals surface area contributed by atoms with Gasteiger partial charge in [0.1, 0.15) is 11.4 Å². The largest absolute Gasteiger partial charge is 0.384 e. The van der Waals surface area contributed by atoms with Crippen molar-refractivity contribution in [3.63, 3.8) is 0 Å². The summed E-state index contributed by atoms with van der Waals surface area (Å²) in [6.07, 6.45) is 0. The van der Waals surface area contributed by atoms with E-state index in [9.17, 15) is 9.50 Å². The highest BCUT2D eigenvalue weighted by Gasteiger charge is 2.31. The van der Waals surface area contributed by atoms with Gasteiger partial charge in [0.2, 0.25) is 0 Å². The van der Waals surface area contributed by atoms with E-state index in [1.54, 1.807) is 19.1 Å². The highest BCUT2D eigenvalue weighted by molar-refractivity contribution is 5.28. The molecule has 15 heavy (non-hydrogen) atoms. The molecular weight excluding hydrogens is 193 g/mol. The van der Waals surface area contributed by atoms with E-state index in [0.29, 0.717) is 11.1 Å². The zero-order chi connectivity index (χ0) is 11.6. The summed E-state index contributed by atoms with van der Waals surface area (Å²) in [5.74, 6) is -0.357. The predicted octanol–water partition coefficient (Wildman–Crippen LogP) is 1.94. The zero-order valence-electron chi connectivity index (χ0n) is 9.42. The van der Waals surface area contributed by atoms with Crippen LogP contribution in [0, 0.1) is 18.7 Å². The van der Waals surface area contributed by atoms with E-state index in [-0.39, 0.29) is 18.3 Å². The highest BCUT2D eigenvalue weighted by Crippen LogP contribution is 2.29. The van der Waals surface area contributed by atoms with Crippen molar-refractivity contribution in [2.75, 3.05) is 6.54 Å². The molecule has 0 aromatic heterocycles. The summed E-state index contributed by atoms with van der Waals surface area (Å²) in [4.78, 5) is 0. The molecule has 2 nitrogen and oxygen atoms in total. The van der Waals surface area contributed by atoms with Gasteiger partial charge in [-0.15, -0.1) is 0 Å². The van der Waals surface area contributed by atoms with Crippen LogP contribution in [0.1, 0.15) is 25.0 Å². The first-order chi connectivity index (χ1) is 6.91. The van der Waals surface area contributed by atoms with E-state index in [1.165, 1.54) is 6.07 Å². The Labute approximate surface area is 89.9 Å². The van der Waals surface area contributed by atoms with Crippen molar-refractivity contribution >= 4 is 0 Å². The van der Waals surface area contributed by atoms with Gasteiger partial charge < -0.3 is 10.8 Å². The molecule has 0 heterocycles. The molecule has 1 aromatic rings. The number of aliphatic hydroxyl groups is 1. The van der Waals surface area contributed by atoms with Crippen molar-refractivity contribution < 1.29 is 9.50 Å². The molecule has 1 unspecified atom stereocenters. The van der Waals surface area contributed by atoms with E-state index in [4.69, 9.17) is 5.73 Å². The molecule has 0 aliphatic heterocycles. The van der Waals surface area contributed by atoms with Crippen LogP contribution < -0.4 is 5.73 Å². The second-order valence-corrected chi connectivity index (χ2v) is 4.25. The molecular formula is C12H18FNO. The van der Waals surface area contributed by atoms with E-state index in [2.05, 4.69) is 0 Å². The van der Waals surface area contributed by atoms with Crippen molar-refractivity contribution in [1.29, 1.82) is 0 Å². The minimum atomic E-state index is -1.14. The molecule has 1 aromatic carbocycles. The third-order valence-corrected chi connectivity index (χ3v) is 2.94. The predicted molar refractivity (Wildman–Crippen MR) is 58.9 cm³/mol. The minimum Gasteiger partial charge on any atom is -0.384 e. The third-order valence-electron chi connectivity index (χ3n) is 2.94. The topological polar surface area (TPSA) is 46.2 Å². The summed E-state index contributed by atoms with van der Waals surface area (Å²) >= 11 is 0. The number of benzene rings is 1. The van der Waals surface area contributed by atoms with E-state index >= 15 is 0 Å².